The molecule has 0 radical (unpaired) electrons. The Labute approximate surface area is 139 Å². The molecular weight excluding hydrogens is 308 g/mol. The van der Waals surface area contributed by atoms with Crippen molar-refractivity contribution in [3.05, 3.63) is 63.1 Å². The third kappa shape index (κ3) is 3.90. The van der Waals surface area contributed by atoms with Crippen LogP contribution < -0.4 is 10.9 Å². The third-order valence-electron chi connectivity index (χ3n) is 3.62. The van der Waals surface area contributed by atoms with Gasteiger partial charge in [0.25, 0.3) is 11.5 Å². The fourth-order valence-electron chi connectivity index (χ4n) is 2.46. The lowest BCUT2D eigenvalue weighted by Crippen LogP contribution is -2.32. The van der Waals surface area contributed by atoms with Crippen molar-refractivity contribution in [2.24, 2.45) is 0 Å². The Morgan fingerprint density at radius 1 is 1.17 bits per heavy atom. The van der Waals surface area contributed by atoms with Crippen LogP contribution >= 0.6 is 0 Å². The van der Waals surface area contributed by atoms with E-state index in [1.54, 1.807) is 0 Å². The first-order valence-corrected chi connectivity index (χ1v) is 7.57. The molecule has 0 saturated heterocycles. The van der Waals surface area contributed by atoms with Gasteiger partial charge in [0.2, 0.25) is 0 Å². The number of aryl methyl sites for hydroxylation is 3. The van der Waals surface area contributed by atoms with Crippen LogP contribution in [-0.4, -0.2) is 23.0 Å². The Balaban J connectivity index is 2.09. The van der Waals surface area contributed by atoms with E-state index in [1.165, 1.54) is 25.3 Å². The summed E-state index contributed by atoms with van der Waals surface area (Å²) in [6, 6.07) is 6.79. The van der Waals surface area contributed by atoms with E-state index < -0.39 is 23.5 Å². The fraction of sp³-hybridized carbons (Fsp3) is 0.278. The SMILES string of the molecule is Cc1cc(C)c(NC(=O)[C@H](C)OC(=O)c2ccc[nH]c2=O)c(C)c1. The monoisotopic (exact) mass is 328 g/mol. The molecule has 1 amide bonds. The first-order valence-electron chi connectivity index (χ1n) is 7.57. The lowest BCUT2D eigenvalue weighted by atomic mass is 10.0. The number of nitrogens with one attached hydrogen (secondary N) is 2. The second-order valence-corrected chi connectivity index (χ2v) is 5.72. The molecule has 6 nitrogen and oxygen atoms in total. The molecule has 6 heteroatoms. The number of rotatable bonds is 4. The number of hydrogen-bond donors (Lipinski definition) is 2. The van der Waals surface area contributed by atoms with Crippen molar-refractivity contribution < 1.29 is 14.3 Å². The minimum Gasteiger partial charge on any atom is -0.449 e. The highest BCUT2D eigenvalue weighted by Gasteiger charge is 2.21. The Hall–Kier alpha value is -2.89. The molecule has 2 N–H and O–H groups in total. The van der Waals surface area contributed by atoms with Crippen molar-refractivity contribution in [1.29, 1.82) is 0 Å². The van der Waals surface area contributed by atoms with Gasteiger partial charge in [0.05, 0.1) is 0 Å². The van der Waals surface area contributed by atoms with Gasteiger partial charge in [0.1, 0.15) is 5.56 Å². The number of anilines is 1. The predicted octanol–water partition coefficient (Wildman–Crippen LogP) is 2.48. The van der Waals surface area contributed by atoms with Gasteiger partial charge in [0.15, 0.2) is 6.10 Å². The maximum atomic E-state index is 12.3. The summed E-state index contributed by atoms with van der Waals surface area (Å²) in [7, 11) is 0. The number of carbonyl (C=O) groups is 2. The second-order valence-electron chi connectivity index (χ2n) is 5.72. The molecule has 126 valence electrons. The van der Waals surface area contributed by atoms with Gasteiger partial charge in [-0.1, -0.05) is 17.7 Å². The maximum Gasteiger partial charge on any atom is 0.344 e. The van der Waals surface area contributed by atoms with Crippen molar-refractivity contribution in [1.82, 2.24) is 4.98 Å². The number of ether oxygens (including phenoxy) is 1. The van der Waals surface area contributed by atoms with Crippen molar-refractivity contribution in [3.63, 3.8) is 0 Å². The molecule has 2 aromatic rings. The number of pyridine rings is 1. The van der Waals surface area contributed by atoms with Gasteiger partial charge < -0.3 is 15.0 Å². The number of aromatic nitrogens is 1. The zero-order valence-corrected chi connectivity index (χ0v) is 14.1. The lowest BCUT2D eigenvalue weighted by molar-refractivity contribution is -0.123. The molecule has 24 heavy (non-hydrogen) atoms. The zero-order chi connectivity index (χ0) is 17.9. The topological polar surface area (TPSA) is 88.3 Å². The minimum atomic E-state index is -1.03. The van der Waals surface area contributed by atoms with Gasteiger partial charge in [-0.2, -0.15) is 0 Å². The number of amides is 1. The standard InChI is InChI=1S/C18H20N2O4/c1-10-8-11(2)15(12(3)9-10)20-16(21)13(4)24-18(23)14-6-5-7-19-17(14)22/h5-9,13H,1-4H3,(H,19,22)(H,20,21)/t13-/m0/s1. The van der Waals surface area contributed by atoms with Gasteiger partial charge in [-0.15, -0.1) is 0 Å². The van der Waals surface area contributed by atoms with E-state index in [9.17, 15) is 14.4 Å². The van der Waals surface area contributed by atoms with Crippen molar-refractivity contribution >= 4 is 17.6 Å². The average molecular weight is 328 g/mol. The first-order chi connectivity index (χ1) is 11.3. The highest BCUT2D eigenvalue weighted by atomic mass is 16.5. The molecule has 1 heterocycles. The highest BCUT2D eigenvalue weighted by molar-refractivity contribution is 5.98. The molecule has 0 unspecified atom stereocenters. The summed E-state index contributed by atoms with van der Waals surface area (Å²) in [5, 5.41) is 2.77. The lowest BCUT2D eigenvalue weighted by Gasteiger charge is -2.16. The number of hydrogen-bond acceptors (Lipinski definition) is 4. The summed E-state index contributed by atoms with van der Waals surface area (Å²) >= 11 is 0. The van der Waals surface area contributed by atoms with Crippen molar-refractivity contribution in [3.8, 4) is 0 Å². The van der Waals surface area contributed by atoms with Crippen molar-refractivity contribution in [2.45, 2.75) is 33.8 Å². The minimum absolute atomic E-state index is 0.139. The molecule has 1 aromatic carbocycles. The van der Waals surface area contributed by atoms with E-state index >= 15 is 0 Å². The molecule has 1 aromatic heterocycles. The van der Waals surface area contributed by atoms with Crippen LogP contribution in [0.25, 0.3) is 0 Å². The van der Waals surface area contributed by atoms with Crippen LogP contribution in [0, 0.1) is 20.8 Å². The number of aromatic amines is 1. The number of carbonyl (C=O) groups excluding carboxylic acids is 2. The van der Waals surface area contributed by atoms with E-state index in [4.69, 9.17) is 4.74 Å². The largest absolute Gasteiger partial charge is 0.449 e. The Morgan fingerprint density at radius 3 is 2.38 bits per heavy atom. The summed E-state index contributed by atoms with van der Waals surface area (Å²) in [4.78, 5) is 38.2. The zero-order valence-electron chi connectivity index (χ0n) is 14.1. The molecule has 0 fully saturated rings. The van der Waals surface area contributed by atoms with Crippen LogP contribution in [0.15, 0.2) is 35.3 Å². The smallest absolute Gasteiger partial charge is 0.344 e. The van der Waals surface area contributed by atoms with Crippen LogP contribution in [0.5, 0.6) is 0 Å². The van der Waals surface area contributed by atoms with E-state index in [1.807, 2.05) is 32.9 Å². The normalized spacial score (nSPS) is 11.7. The number of esters is 1. The molecular formula is C18H20N2O4. The van der Waals surface area contributed by atoms with Gasteiger partial charge in [-0.3, -0.25) is 9.59 Å². The molecule has 2 rings (SSSR count). The van der Waals surface area contributed by atoms with Crippen LogP contribution in [0.3, 0.4) is 0 Å². The van der Waals surface area contributed by atoms with Crippen molar-refractivity contribution in [2.75, 3.05) is 5.32 Å². The summed E-state index contributed by atoms with van der Waals surface area (Å²) in [5.41, 5.74) is 2.97. The molecule has 1 atom stereocenters. The van der Waals surface area contributed by atoms with Crippen LogP contribution in [-0.2, 0) is 9.53 Å². The molecule has 0 aliphatic rings. The predicted molar refractivity (Wildman–Crippen MR) is 91.2 cm³/mol. The molecule has 0 aliphatic heterocycles. The molecule has 0 spiro atoms. The quantitative estimate of drug-likeness (QED) is 0.844. The van der Waals surface area contributed by atoms with Gasteiger partial charge >= 0.3 is 5.97 Å². The van der Waals surface area contributed by atoms with Gasteiger partial charge in [-0.25, -0.2) is 4.79 Å². The molecule has 0 bridgehead atoms. The van der Waals surface area contributed by atoms with E-state index in [2.05, 4.69) is 10.3 Å². The summed E-state index contributed by atoms with van der Waals surface area (Å²) in [6.07, 6.45) is 0.385. The molecule has 0 saturated carbocycles. The Kier molecular flexibility index (Phi) is 5.18. The summed E-state index contributed by atoms with van der Waals surface area (Å²) < 4.78 is 5.08. The second kappa shape index (κ2) is 7.12. The van der Waals surface area contributed by atoms with E-state index in [-0.39, 0.29) is 5.56 Å². The van der Waals surface area contributed by atoms with Gasteiger partial charge in [0, 0.05) is 11.9 Å². The van der Waals surface area contributed by atoms with Crippen LogP contribution in [0.2, 0.25) is 0 Å². The first kappa shape index (κ1) is 17.5. The Bertz CT molecular complexity index is 816. The molecule has 0 aliphatic carbocycles. The Morgan fingerprint density at radius 2 is 1.79 bits per heavy atom. The summed E-state index contributed by atoms with van der Waals surface area (Å²) in [5.74, 6) is -1.29. The maximum absolute atomic E-state index is 12.3. The average Bonchev–Trinajstić information content (AvgIpc) is 2.50. The number of H-pyrrole nitrogens is 1. The van der Waals surface area contributed by atoms with Crippen LogP contribution in [0.4, 0.5) is 5.69 Å². The summed E-state index contributed by atoms with van der Waals surface area (Å²) in [6.45, 7) is 7.24. The fourth-order valence-corrected chi connectivity index (χ4v) is 2.46. The highest BCUT2D eigenvalue weighted by Crippen LogP contribution is 2.22. The number of benzene rings is 1. The third-order valence-corrected chi connectivity index (χ3v) is 3.62. The van der Waals surface area contributed by atoms with E-state index in [0.29, 0.717) is 5.69 Å². The van der Waals surface area contributed by atoms with Crippen LogP contribution in [0.1, 0.15) is 34.0 Å². The van der Waals surface area contributed by atoms with E-state index in [0.717, 1.165) is 16.7 Å². The van der Waals surface area contributed by atoms with Gasteiger partial charge in [-0.05, 0) is 51.0 Å².